The van der Waals surface area contributed by atoms with Gasteiger partial charge in [0.1, 0.15) is 11.6 Å². The van der Waals surface area contributed by atoms with E-state index in [1.165, 1.54) is 17.7 Å². The summed E-state index contributed by atoms with van der Waals surface area (Å²) in [6.45, 7) is 4.07. The van der Waals surface area contributed by atoms with Gasteiger partial charge in [0.25, 0.3) is 0 Å². The first-order valence-corrected chi connectivity index (χ1v) is 9.14. The normalized spacial score (nSPS) is 11.1. The van der Waals surface area contributed by atoms with Crippen molar-refractivity contribution >= 4 is 10.8 Å². The maximum absolute atomic E-state index is 14.8. The van der Waals surface area contributed by atoms with Crippen molar-refractivity contribution in [2.24, 2.45) is 0 Å². The Balaban J connectivity index is 1.78. The van der Waals surface area contributed by atoms with Crippen molar-refractivity contribution in [1.82, 2.24) is 0 Å². The van der Waals surface area contributed by atoms with E-state index in [-0.39, 0.29) is 5.56 Å². The van der Waals surface area contributed by atoms with Crippen LogP contribution in [0.25, 0.3) is 33.0 Å². The quantitative estimate of drug-likeness (QED) is 0.360. The molecule has 0 N–H and O–H groups in total. The molecule has 0 aliphatic heterocycles. The van der Waals surface area contributed by atoms with Gasteiger partial charge < -0.3 is 0 Å². The molecule has 4 rings (SSSR count). The highest BCUT2D eigenvalue weighted by atomic mass is 19.1. The van der Waals surface area contributed by atoms with E-state index in [1.54, 1.807) is 12.1 Å². The summed E-state index contributed by atoms with van der Waals surface area (Å²) in [5.41, 5.74) is 4.25. The number of hydrogen-bond donors (Lipinski definition) is 0. The summed E-state index contributed by atoms with van der Waals surface area (Å²) in [7, 11) is 0. The van der Waals surface area contributed by atoms with Crippen LogP contribution < -0.4 is 0 Å². The van der Waals surface area contributed by atoms with Crippen molar-refractivity contribution in [2.45, 2.75) is 20.3 Å². The second-order valence-corrected chi connectivity index (χ2v) is 6.93. The van der Waals surface area contributed by atoms with Gasteiger partial charge in [-0.15, -0.1) is 0 Å². The van der Waals surface area contributed by atoms with Gasteiger partial charge in [0.05, 0.1) is 5.56 Å². The van der Waals surface area contributed by atoms with Gasteiger partial charge in [-0.2, -0.15) is 0 Å². The van der Waals surface area contributed by atoms with Crippen LogP contribution >= 0.6 is 0 Å². The molecule has 4 aromatic rings. The molecule has 0 nitrogen and oxygen atoms in total. The van der Waals surface area contributed by atoms with E-state index in [4.69, 9.17) is 0 Å². The SMILES string of the molecule is CCc1ccc2cc(-c3cc(F)c(-c4ccc(C)cc4)c(F)c3)ccc2c1. The lowest BCUT2D eigenvalue weighted by atomic mass is 9.96. The van der Waals surface area contributed by atoms with Crippen molar-refractivity contribution in [3.63, 3.8) is 0 Å². The van der Waals surface area contributed by atoms with E-state index < -0.39 is 11.6 Å². The third-order valence-electron chi connectivity index (χ3n) is 5.03. The highest BCUT2D eigenvalue weighted by Gasteiger charge is 2.14. The Kier molecular flexibility index (Phi) is 4.49. The summed E-state index contributed by atoms with van der Waals surface area (Å²) in [4.78, 5) is 0. The standard InChI is InChI=1S/C25H20F2/c1-3-17-6-9-20-13-21(11-10-19(20)12-17)22-14-23(26)25(24(27)15-22)18-7-4-16(2)5-8-18/h4-15H,3H2,1-2H3. The lowest BCUT2D eigenvalue weighted by Crippen LogP contribution is -1.93. The molecule has 4 aromatic carbocycles. The molecular formula is C25H20F2. The fraction of sp³-hybridized carbons (Fsp3) is 0.120. The lowest BCUT2D eigenvalue weighted by molar-refractivity contribution is 0.590. The maximum Gasteiger partial charge on any atom is 0.134 e. The fourth-order valence-electron chi connectivity index (χ4n) is 3.43. The van der Waals surface area contributed by atoms with E-state index >= 15 is 0 Å². The Morgan fingerprint density at radius 3 is 1.89 bits per heavy atom. The van der Waals surface area contributed by atoms with Gasteiger partial charge in [0, 0.05) is 0 Å². The van der Waals surface area contributed by atoms with Crippen LogP contribution in [0.4, 0.5) is 8.78 Å². The van der Waals surface area contributed by atoms with Gasteiger partial charge in [-0.1, -0.05) is 67.1 Å². The molecule has 0 aromatic heterocycles. The zero-order chi connectivity index (χ0) is 19.0. The summed E-state index contributed by atoms with van der Waals surface area (Å²) < 4.78 is 29.5. The van der Waals surface area contributed by atoms with Crippen LogP contribution in [-0.2, 0) is 6.42 Å². The minimum absolute atomic E-state index is 0.0205. The number of halogens is 2. The molecule has 0 aliphatic carbocycles. The molecule has 0 radical (unpaired) electrons. The first-order chi connectivity index (χ1) is 13.0. The van der Waals surface area contributed by atoms with Crippen LogP contribution in [0.1, 0.15) is 18.1 Å². The Labute approximate surface area is 158 Å². The van der Waals surface area contributed by atoms with Gasteiger partial charge in [-0.05, 0) is 64.6 Å². The van der Waals surface area contributed by atoms with Gasteiger partial charge >= 0.3 is 0 Å². The molecule has 0 heterocycles. The zero-order valence-corrected chi connectivity index (χ0v) is 15.4. The molecule has 0 amide bonds. The predicted octanol–water partition coefficient (Wildman–Crippen LogP) is 7.32. The van der Waals surface area contributed by atoms with Crippen molar-refractivity contribution in [3.05, 3.63) is 95.6 Å². The van der Waals surface area contributed by atoms with E-state index in [9.17, 15) is 8.78 Å². The highest BCUT2D eigenvalue weighted by Crippen LogP contribution is 2.32. The summed E-state index contributed by atoms with van der Waals surface area (Å²) in [6, 6.07) is 22.3. The van der Waals surface area contributed by atoms with Crippen LogP contribution in [-0.4, -0.2) is 0 Å². The molecule has 0 atom stereocenters. The molecular weight excluding hydrogens is 338 g/mol. The first kappa shape index (κ1) is 17.4. The van der Waals surface area contributed by atoms with Crippen molar-refractivity contribution in [1.29, 1.82) is 0 Å². The van der Waals surface area contributed by atoms with Gasteiger partial charge in [-0.3, -0.25) is 0 Å². The second kappa shape index (κ2) is 6.96. The smallest absolute Gasteiger partial charge is 0.134 e. The molecule has 0 spiro atoms. The molecule has 2 heteroatoms. The summed E-state index contributed by atoms with van der Waals surface area (Å²) in [5, 5.41) is 2.20. The Morgan fingerprint density at radius 1 is 0.630 bits per heavy atom. The Hall–Kier alpha value is -3.00. The fourth-order valence-corrected chi connectivity index (χ4v) is 3.43. The van der Waals surface area contributed by atoms with Crippen LogP contribution in [0, 0.1) is 18.6 Å². The average Bonchev–Trinajstić information content (AvgIpc) is 2.68. The number of benzene rings is 4. The summed E-state index contributed by atoms with van der Waals surface area (Å²) >= 11 is 0. The summed E-state index contributed by atoms with van der Waals surface area (Å²) in [6.07, 6.45) is 0.981. The van der Waals surface area contributed by atoms with Crippen LogP contribution in [0.3, 0.4) is 0 Å². The zero-order valence-electron chi connectivity index (χ0n) is 15.4. The van der Waals surface area contributed by atoms with E-state index in [0.29, 0.717) is 11.1 Å². The van der Waals surface area contributed by atoms with E-state index in [0.717, 1.165) is 28.3 Å². The minimum Gasteiger partial charge on any atom is -0.206 e. The largest absolute Gasteiger partial charge is 0.206 e. The molecule has 0 saturated carbocycles. The summed E-state index contributed by atoms with van der Waals surface area (Å²) in [5.74, 6) is -1.09. The first-order valence-electron chi connectivity index (χ1n) is 9.14. The molecule has 134 valence electrons. The highest BCUT2D eigenvalue weighted by molar-refractivity contribution is 5.88. The molecule has 0 bridgehead atoms. The van der Waals surface area contributed by atoms with Gasteiger partial charge in [0.15, 0.2) is 0 Å². The topological polar surface area (TPSA) is 0 Å². The van der Waals surface area contributed by atoms with Crippen molar-refractivity contribution in [2.75, 3.05) is 0 Å². The maximum atomic E-state index is 14.8. The molecule has 0 unspecified atom stereocenters. The van der Waals surface area contributed by atoms with Crippen LogP contribution in [0.15, 0.2) is 72.8 Å². The molecule has 0 fully saturated rings. The number of hydrogen-bond acceptors (Lipinski definition) is 0. The Morgan fingerprint density at radius 2 is 1.22 bits per heavy atom. The third kappa shape index (κ3) is 3.35. The number of fused-ring (bicyclic) bond motifs is 1. The minimum atomic E-state index is -0.546. The van der Waals surface area contributed by atoms with Gasteiger partial charge in [0.2, 0.25) is 0 Å². The van der Waals surface area contributed by atoms with Gasteiger partial charge in [-0.25, -0.2) is 8.78 Å². The van der Waals surface area contributed by atoms with E-state index in [2.05, 4.69) is 25.1 Å². The van der Waals surface area contributed by atoms with Crippen LogP contribution in [0.5, 0.6) is 0 Å². The predicted molar refractivity (Wildman–Crippen MR) is 109 cm³/mol. The average molecular weight is 358 g/mol. The second-order valence-electron chi connectivity index (χ2n) is 6.93. The Bertz CT molecular complexity index is 1100. The lowest BCUT2D eigenvalue weighted by Gasteiger charge is -2.10. The third-order valence-corrected chi connectivity index (χ3v) is 5.03. The molecule has 27 heavy (non-hydrogen) atoms. The van der Waals surface area contributed by atoms with Crippen LogP contribution in [0.2, 0.25) is 0 Å². The number of aryl methyl sites for hydroxylation is 2. The monoisotopic (exact) mass is 358 g/mol. The van der Waals surface area contributed by atoms with E-state index in [1.807, 2.05) is 37.3 Å². The number of rotatable bonds is 3. The molecule has 0 saturated heterocycles. The molecule has 0 aliphatic rings. The van der Waals surface area contributed by atoms with Crippen molar-refractivity contribution < 1.29 is 8.78 Å². The van der Waals surface area contributed by atoms with Crippen molar-refractivity contribution in [3.8, 4) is 22.3 Å².